The van der Waals surface area contributed by atoms with E-state index in [0.717, 1.165) is 12.0 Å². The van der Waals surface area contributed by atoms with Gasteiger partial charge in [0, 0.05) is 39.3 Å². The third-order valence-corrected chi connectivity index (χ3v) is 4.20. The molecular weight excluding hydrogens is 371 g/mol. The van der Waals surface area contributed by atoms with E-state index in [1.807, 2.05) is 31.2 Å². The van der Waals surface area contributed by atoms with Crippen LogP contribution in [0.15, 0.2) is 53.5 Å². The van der Waals surface area contributed by atoms with Crippen LogP contribution in [-0.2, 0) is 6.42 Å². The lowest BCUT2D eigenvalue weighted by Gasteiger charge is -2.18. The van der Waals surface area contributed by atoms with E-state index >= 15 is 0 Å². The molecule has 2 rings (SSSR count). The highest BCUT2D eigenvalue weighted by Crippen LogP contribution is 2.13. The number of rotatable bonds is 8. The summed E-state index contributed by atoms with van der Waals surface area (Å²) in [4.78, 5) is 17.8. The van der Waals surface area contributed by atoms with E-state index in [1.54, 1.807) is 38.2 Å². The summed E-state index contributed by atoms with van der Waals surface area (Å²) in [6, 6.07) is 13.7. The summed E-state index contributed by atoms with van der Waals surface area (Å²) in [6.45, 7) is 3.08. The summed E-state index contributed by atoms with van der Waals surface area (Å²) in [5.41, 5.74) is 1.75. The Morgan fingerprint density at radius 2 is 1.93 bits per heavy atom. The van der Waals surface area contributed by atoms with Crippen LogP contribution >= 0.6 is 0 Å². The largest absolute Gasteiger partial charge is 0.489 e. The van der Waals surface area contributed by atoms with Crippen LogP contribution in [0, 0.1) is 5.82 Å². The number of nitrogens with one attached hydrogen (secondary N) is 2. The van der Waals surface area contributed by atoms with Crippen LogP contribution in [0.25, 0.3) is 0 Å². The van der Waals surface area contributed by atoms with Crippen molar-refractivity contribution < 1.29 is 13.9 Å². The molecule has 0 aliphatic carbocycles. The number of benzene rings is 2. The van der Waals surface area contributed by atoms with Crippen molar-refractivity contribution in [3.8, 4) is 5.75 Å². The molecule has 0 aliphatic rings. The first kappa shape index (κ1) is 22.2. The number of amides is 1. The zero-order valence-corrected chi connectivity index (χ0v) is 17.4. The first-order valence-corrected chi connectivity index (χ1v) is 9.56. The van der Waals surface area contributed by atoms with Crippen LogP contribution in [0.5, 0.6) is 5.75 Å². The van der Waals surface area contributed by atoms with E-state index in [9.17, 15) is 9.18 Å². The summed E-state index contributed by atoms with van der Waals surface area (Å²) in [6.07, 6.45) is 0.592. The molecule has 0 fully saturated rings. The molecule has 0 bridgehead atoms. The Kier molecular flexibility index (Phi) is 8.45. The van der Waals surface area contributed by atoms with Gasteiger partial charge >= 0.3 is 0 Å². The molecule has 0 saturated carbocycles. The predicted molar refractivity (Wildman–Crippen MR) is 114 cm³/mol. The standard InChI is InChI=1S/C22H29FN4O2/c1-16(29-20-10-6-9-19(23)14-20)15-26-22(24-2)25-12-11-17-7-5-8-18(13-17)21(28)27(3)4/h5-10,13-14,16H,11-12,15H2,1-4H3,(H2,24,25,26). The Labute approximate surface area is 171 Å². The summed E-state index contributed by atoms with van der Waals surface area (Å²) >= 11 is 0. The summed E-state index contributed by atoms with van der Waals surface area (Å²) < 4.78 is 18.9. The van der Waals surface area contributed by atoms with Crippen LogP contribution in [0.3, 0.4) is 0 Å². The van der Waals surface area contributed by atoms with Gasteiger partial charge in [0.1, 0.15) is 17.7 Å². The van der Waals surface area contributed by atoms with E-state index in [0.29, 0.717) is 30.4 Å². The van der Waals surface area contributed by atoms with Crippen molar-refractivity contribution in [3.05, 3.63) is 65.5 Å². The van der Waals surface area contributed by atoms with Gasteiger partial charge in [-0.25, -0.2) is 4.39 Å². The van der Waals surface area contributed by atoms with E-state index < -0.39 is 0 Å². The van der Waals surface area contributed by atoms with Gasteiger partial charge in [0.05, 0.1) is 6.54 Å². The molecular formula is C22H29FN4O2. The van der Waals surface area contributed by atoms with Crippen molar-refractivity contribution in [2.24, 2.45) is 4.99 Å². The number of hydrogen-bond acceptors (Lipinski definition) is 3. The maximum atomic E-state index is 13.2. The molecule has 2 N–H and O–H groups in total. The molecule has 7 heteroatoms. The van der Waals surface area contributed by atoms with Crippen molar-refractivity contribution in [2.45, 2.75) is 19.4 Å². The summed E-state index contributed by atoms with van der Waals surface area (Å²) in [5.74, 6) is 0.815. The zero-order valence-electron chi connectivity index (χ0n) is 17.4. The summed E-state index contributed by atoms with van der Waals surface area (Å²) in [5, 5.41) is 6.44. The zero-order chi connectivity index (χ0) is 21.2. The average Bonchev–Trinajstić information content (AvgIpc) is 2.70. The lowest BCUT2D eigenvalue weighted by molar-refractivity contribution is 0.0827. The maximum absolute atomic E-state index is 13.2. The molecule has 1 amide bonds. The molecule has 0 radical (unpaired) electrons. The number of guanidine groups is 1. The van der Waals surface area contributed by atoms with Crippen molar-refractivity contribution >= 4 is 11.9 Å². The van der Waals surface area contributed by atoms with Gasteiger partial charge in [0.2, 0.25) is 0 Å². The van der Waals surface area contributed by atoms with Crippen molar-refractivity contribution in [1.29, 1.82) is 0 Å². The average molecular weight is 400 g/mol. The number of aliphatic imine (C=N–C) groups is 1. The number of halogens is 1. The molecule has 0 aliphatic heterocycles. The van der Waals surface area contributed by atoms with Crippen LogP contribution in [-0.4, -0.2) is 57.1 Å². The number of hydrogen-bond donors (Lipinski definition) is 2. The number of ether oxygens (including phenoxy) is 1. The molecule has 0 heterocycles. The fourth-order valence-electron chi connectivity index (χ4n) is 2.72. The third-order valence-electron chi connectivity index (χ3n) is 4.20. The van der Waals surface area contributed by atoms with E-state index in [4.69, 9.17) is 4.74 Å². The Bertz CT molecular complexity index is 839. The highest BCUT2D eigenvalue weighted by atomic mass is 19.1. The second kappa shape index (κ2) is 11.0. The van der Waals surface area contributed by atoms with Gasteiger partial charge < -0.3 is 20.3 Å². The van der Waals surface area contributed by atoms with Crippen LogP contribution < -0.4 is 15.4 Å². The van der Waals surface area contributed by atoms with Crippen LogP contribution in [0.2, 0.25) is 0 Å². The van der Waals surface area contributed by atoms with E-state index in [1.165, 1.54) is 12.1 Å². The normalized spacial score (nSPS) is 12.2. The lowest BCUT2D eigenvalue weighted by Crippen LogP contribution is -2.42. The molecule has 6 nitrogen and oxygen atoms in total. The van der Waals surface area contributed by atoms with Gasteiger partial charge in [-0.05, 0) is 43.2 Å². The minimum absolute atomic E-state index is 0.00966. The fourth-order valence-corrected chi connectivity index (χ4v) is 2.72. The van der Waals surface area contributed by atoms with Crippen LogP contribution in [0.1, 0.15) is 22.8 Å². The number of carbonyl (C=O) groups excluding carboxylic acids is 1. The van der Waals surface area contributed by atoms with Crippen molar-refractivity contribution in [1.82, 2.24) is 15.5 Å². The first-order valence-electron chi connectivity index (χ1n) is 9.56. The lowest BCUT2D eigenvalue weighted by atomic mass is 10.1. The highest BCUT2D eigenvalue weighted by Gasteiger charge is 2.09. The Morgan fingerprint density at radius 3 is 2.62 bits per heavy atom. The summed E-state index contributed by atoms with van der Waals surface area (Å²) in [7, 11) is 5.18. The minimum Gasteiger partial charge on any atom is -0.489 e. The molecule has 0 aromatic heterocycles. The Balaban J connectivity index is 1.78. The molecule has 2 aromatic rings. The molecule has 29 heavy (non-hydrogen) atoms. The third kappa shape index (κ3) is 7.44. The van der Waals surface area contributed by atoms with Crippen LogP contribution in [0.4, 0.5) is 4.39 Å². The van der Waals surface area contributed by atoms with E-state index in [2.05, 4.69) is 15.6 Å². The van der Waals surface area contributed by atoms with Gasteiger partial charge in [-0.1, -0.05) is 18.2 Å². The Hall–Kier alpha value is -3.09. The second-order valence-corrected chi connectivity index (χ2v) is 6.92. The predicted octanol–water partition coefficient (Wildman–Crippen LogP) is 2.70. The smallest absolute Gasteiger partial charge is 0.253 e. The van der Waals surface area contributed by atoms with Gasteiger partial charge in [0.25, 0.3) is 5.91 Å². The van der Waals surface area contributed by atoms with Gasteiger partial charge in [-0.15, -0.1) is 0 Å². The Morgan fingerprint density at radius 1 is 1.17 bits per heavy atom. The molecule has 156 valence electrons. The molecule has 0 saturated heterocycles. The molecule has 1 atom stereocenters. The molecule has 0 spiro atoms. The van der Waals surface area contributed by atoms with Gasteiger partial charge in [0.15, 0.2) is 5.96 Å². The number of carbonyl (C=O) groups is 1. The second-order valence-electron chi connectivity index (χ2n) is 6.92. The monoisotopic (exact) mass is 400 g/mol. The highest BCUT2D eigenvalue weighted by molar-refractivity contribution is 5.94. The van der Waals surface area contributed by atoms with Crippen molar-refractivity contribution in [3.63, 3.8) is 0 Å². The quantitative estimate of drug-likeness (QED) is 0.528. The topological polar surface area (TPSA) is 66.0 Å². The van der Waals surface area contributed by atoms with Gasteiger partial charge in [-0.2, -0.15) is 0 Å². The minimum atomic E-state index is -0.323. The van der Waals surface area contributed by atoms with E-state index in [-0.39, 0.29) is 17.8 Å². The fraction of sp³-hybridized carbons (Fsp3) is 0.364. The molecule has 2 aromatic carbocycles. The first-order chi connectivity index (χ1) is 13.9. The maximum Gasteiger partial charge on any atom is 0.253 e. The molecule has 1 unspecified atom stereocenters. The van der Waals surface area contributed by atoms with Gasteiger partial charge in [-0.3, -0.25) is 9.79 Å². The number of nitrogens with zero attached hydrogens (tertiary/aromatic N) is 2. The van der Waals surface area contributed by atoms with Crippen molar-refractivity contribution in [2.75, 3.05) is 34.2 Å². The SMILES string of the molecule is CN=C(NCCc1cccc(C(=O)N(C)C)c1)NCC(C)Oc1cccc(F)c1.